The fourth-order valence-corrected chi connectivity index (χ4v) is 3.68. The van der Waals surface area contributed by atoms with Crippen molar-refractivity contribution in [2.75, 3.05) is 19.6 Å². The molecule has 0 amide bonds. The first kappa shape index (κ1) is 17.7. The van der Waals surface area contributed by atoms with E-state index in [2.05, 4.69) is 66.2 Å². The topological polar surface area (TPSA) is 36.1 Å². The number of allylic oxidation sites excluding steroid dienone is 1. The van der Waals surface area contributed by atoms with Crippen molar-refractivity contribution in [2.45, 2.75) is 32.6 Å². The van der Waals surface area contributed by atoms with Crippen LogP contribution in [0.2, 0.25) is 0 Å². The summed E-state index contributed by atoms with van der Waals surface area (Å²) in [6.45, 7) is 7.65. The molecule has 0 radical (unpaired) electrons. The van der Waals surface area contributed by atoms with E-state index in [0.717, 1.165) is 32.5 Å². The fraction of sp³-hybridized carbons (Fsp3) is 0.409. The molecule has 0 spiro atoms. The number of pyridine rings is 1. The predicted molar refractivity (Wildman–Crippen MR) is 105 cm³/mol. The van der Waals surface area contributed by atoms with Gasteiger partial charge in [0.15, 0.2) is 0 Å². The summed E-state index contributed by atoms with van der Waals surface area (Å²) >= 11 is 0. The maximum absolute atomic E-state index is 11.5. The monoisotopic (exact) mass is 336 g/mol. The zero-order chi connectivity index (χ0) is 17.6. The van der Waals surface area contributed by atoms with Crippen molar-refractivity contribution in [3.63, 3.8) is 0 Å². The van der Waals surface area contributed by atoms with Crippen molar-refractivity contribution < 1.29 is 0 Å². The number of rotatable bonds is 5. The van der Waals surface area contributed by atoms with Crippen LogP contribution < -0.4 is 5.56 Å². The van der Waals surface area contributed by atoms with E-state index in [0.29, 0.717) is 11.8 Å². The van der Waals surface area contributed by atoms with Crippen LogP contribution >= 0.6 is 0 Å². The molecule has 1 N–H and O–H groups in total. The number of H-pyrrole nitrogens is 1. The first-order valence-electron chi connectivity index (χ1n) is 9.29. The van der Waals surface area contributed by atoms with Gasteiger partial charge in [0, 0.05) is 18.8 Å². The van der Waals surface area contributed by atoms with E-state index in [1.165, 1.54) is 16.7 Å². The van der Waals surface area contributed by atoms with Crippen molar-refractivity contribution in [1.82, 2.24) is 9.88 Å². The second kappa shape index (κ2) is 8.30. The zero-order valence-electron chi connectivity index (χ0n) is 15.2. The van der Waals surface area contributed by atoms with Crippen molar-refractivity contribution in [3.05, 3.63) is 76.2 Å². The Bertz CT molecular complexity index is 753. The highest BCUT2D eigenvalue weighted by Crippen LogP contribution is 2.28. The van der Waals surface area contributed by atoms with Crippen LogP contribution in [0.3, 0.4) is 0 Å². The Balaban J connectivity index is 1.65. The molecule has 1 aromatic heterocycles. The number of aromatic amines is 1. The largest absolute Gasteiger partial charge is 0.329 e. The van der Waals surface area contributed by atoms with Crippen molar-refractivity contribution in [1.29, 1.82) is 0 Å². The Morgan fingerprint density at radius 3 is 2.56 bits per heavy atom. The number of likely N-dealkylation sites (tertiary alicyclic amines) is 1. The van der Waals surface area contributed by atoms with Crippen LogP contribution in [-0.2, 0) is 0 Å². The van der Waals surface area contributed by atoms with Gasteiger partial charge in [-0.25, -0.2) is 0 Å². The molecule has 2 heterocycles. The van der Waals surface area contributed by atoms with Gasteiger partial charge in [-0.05, 0) is 60.5 Å². The third-order valence-electron chi connectivity index (χ3n) is 4.93. The molecular formula is C22H28N2O. The second-order valence-electron chi connectivity index (χ2n) is 7.34. The Morgan fingerprint density at radius 1 is 1.20 bits per heavy atom. The molecule has 1 aliphatic heterocycles. The molecule has 25 heavy (non-hydrogen) atoms. The third kappa shape index (κ3) is 4.93. The van der Waals surface area contributed by atoms with E-state index in [1.54, 1.807) is 12.3 Å². The average Bonchev–Trinajstić information content (AvgIpc) is 2.62. The summed E-state index contributed by atoms with van der Waals surface area (Å²) in [7, 11) is 0. The average molecular weight is 336 g/mol. The minimum absolute atomic E-state index is 0.00570. The number of hydrogen-bond donors (Lipinski definition) is 1. The van der Waals surface area contributed by atoms with Crippen molar-refractivity contribution >= 4 is 5.57 Å². The Morgan fingerprint density at radius 2 is 1.92 bits per heavy atom. The van der Waals surface area contributed by atoms with E-state index in [1.807, 2.05) is 0 Å². The van der Waals surface area contributed by atoms with Gasteiger partial charge >= 0.3 is 0 Å². The Kier molecular flexibility index (Phi) is 5.87. The SMILES string of the molecule is CC(C)/C=C(\CN1CCC(c2cc[nH]c(=O)c2)CC1)c1ccccc1. The Hall–Kier alpha value is -2.13. The van der Waals surface area contributed by atoms with Gasteiger partial charge in [-0.15, -0.1) is 0 Å². The number of nitrogens with one attached hydrogen (secondary N) is 1. The smallest absolute Gasteiger partial charge is 0.248 e. The zero-order valence-corrected chi connectivity index (χ0v) is 15.2. The molecule has 3 heteroatoms. The van der Waals surface area contributed by atoms with Crippen LogP contribution in [0.15, 0.2) is 59.5 Å². The standard InChI is InChI=1S/C22H28N2O/c1-17(2)14-21(18-6-4-3-5-7-18)16-24-12-9-19(10-13-24)20-8-11-23-22(25)15-20/h3-8,11,14-15,17,19H,9-10,12-13,16H2,1-2H3,(H,23,25)/b21-14+. The number of benzene rings is 1. The number of hydrogen-bond acceptors (Lipinski definition) is 2. The molecule has 1 aliphatic rings. The molecule has 1 fully saturated rings. The van der Waals surface area contributed by atoms with Gasteiger partial charge in [0.1, 0.15) is 0 Å². The number of aromatic nitrogens is 1. The van der Waals surface area contributed by atoms with E-state index >= 15 is 0 Å². The molecule has 0 unspecified atom stereocenters. The minimum Gasteiger partial charge on any atom is -0.329 e. The molecule has 0 aliphatic carbocycles. The quantitative estimate of drug-likeness (QED) is 0.884. The van der Waals surface area contributed by atoms with Gasteiger partial charge in [-0.3, -0.25) is 9.69 Å². The fourth-order valence-electron chi connectivity index (χ4n) is 3.68. The van der Waals surface area contributed by atoms with Gasteiger partial charge in [0.05, 0.1) is 0 Å². The summed E-state index contributed by atoms with van der Waals surface area (Å²) < 4.78 is 0. The first-order valence-corrected chi connectivity index (χ1v) is 9.29. The molecule has 132 valence electrons. The van der Waals surface area contributed by atoms with Gasteiger partial charge in [0.2, 0.25) is 5.56 Å². The van der Waals surface area contributed by atoms with Crippen LogP contribution in [0, 0.1) is 5.92 Å². The van der Waals surface area contributed by atoms with Crippen LogP contribution in [0.25, 0.3) is 5.57 Å². The number of piperidine rings is 1. The second-order valence-corrected chi connectivity index (χ2v) is 7.34. The van der Waals surface area contributed by atoms with Crippen molar-refractivity contribution in [2.24, 2.45) is 5.92 Å². The van der Waals surface area contributed by atoms with E-state index in [9.17, 15) is 4.79 Å². The maximum Gasteiger partial charge on any atom is 0.248 e. The number of nitrogens with zero attached hydrogens (tertiary/aromatic N) is 1. The lowest BCUT2D eigenvalue weighted by atomic mass is 9.89. The summed E-state index contributed by atoms with van der Waals surface area (Å²) in [6, 6.07) is 14.5. The predicted octanol–water partition coefficient (Wildman–Crippen LogP) is 4.29. The maximum atomic E-state index is 11.5. The molecule has 3 nitrogen and oxygen atoms in total. The normalized spacial score (nSPS) is 17.2. The lowest BCUT2D eigenvalue weighted by Gasteiger charge is -2.33. The summed E-state index contributed by atoms with van der Waals surface area (Å²) in [5.74, 6) is 1.05. The van der Waals surface area contributed by atoms with Crippen molar-refractivity contribution in [3.8, 4) is 0 Å². The summed E-state index contributed by atoms with van der Waals surface area (Å²) in [6.07, 6.45) is 6.39. The van der Waals surface area contributed by atoms with Gasteiger partial charge in [-0.2, -0.15) is 0 Å². The molecule has 0 atom stereocenters. The Labute approximate surface area is 150 Å². The molecular weight excluding hydrogens is 308 g/mol. The molecule has 3 rings (SSSR count). The van der Waals surface area contributed by atoms with Crippen LogP contribution in [0.5, 0.6) is 0 Å². The van der Waals surface area contributed by atoms with Gasteiger partial charge in [-0.1, -0.05) is 50.3 Å². The van der Waals surface area contributed by atoms with Gasteiger partial charge < -0.3 is 4.98 Å². The first-order chi connectivity index (χ1) is 12.1. The van der Waals surface area contributed by atoms with E-state index < -0.39 is 0 Å². The lowest BCUT2D eigenvalue weighted by molar-refractivity contribution is 0.235. The van der Waals surface area contributed by atoms with Crippen LogP contribution in [0.1, 0.15) is 43.7 Å². The molecule has 0 saturated carbocycles. The van der Waals surface area contributed by atoms with Crippen LogP contribution in [0.4, 0.5) is 0 Å². The van der Waals surface area contributed by atoms with Crippen LogP contribution in [-0.4, -0.2) is 29.5 Å². The summed E-state index contributed by atoms with van der Waals surface area (Å²) in [5.41, 5.74) is 3.94. The van der Waals surface area contributed by atoms with E-state index in [-0.39, 0.29) is 5.56 Å². The molecule has 0 bridgehead atoms. The summed E-state index contributed by atoms with van der Waals surface area (Å²) in [4.78, 5) is 16.8. The molecule has 1 aromatic carbocycles. The third-order valence-corrected chi connectivity index (χ3v) is 4.93. The highest BCUT2D eigenvalue weighted by Gasteiger charge is 2.21. The molecule has 1 saturated heterocycles. The minimum atomic E-state index is 0.00570. The highest BCUT2D eigenvalue weighted by molar-refractivity contribution is 5.67. The summed E-state index contributed by atoms with van der Waals surface area (Å²) in [5, 5.41) is 0. The highest BCUT2D eigenvalue weighted by atomic mass is 16.1. The van der Waals surface area contributed by atoms with Gasteiger partial charge in [0.25, 0.3) is 0 Å². The molecule has 2 aromatic rings. The van der Waals surface area contributed by atoms with E-state index in [4.69, 9.17) is 0 Å². The lowest BCUT2D eigenvalue weighted by Crippen LogP contribution is -2.34.